The minimum atomic E-state index is -0.751. The van der Waals surface area contributed by atoms with E-state index in [0.29, 0.717) is 24.3 Å². The van der Waals surface area contributed by atoms with Crippen molar-refractivity contribution in [1.29, 1.82) is 5.26 Å². The Hall–Kier alpha value is -3.70. The van der Waals surface area contributed by atoms with E-state index in [1.165, 1.54) is 5.56 Å². The maximum absolute atomic E-state index is 9.54. The number of aromatic amines is 1. The predicted molar refractivity (Wildman–Crippen MR) is 125 cm³/mol. The molecule has 1 aromatic carbocycles. The Bertz CT molecular complexity index is 1430. The van der Waals surface area contributed by atoms with Crippen LogP contribution >= 0.6 is 0 Å². The zero-order chi connectivity index (χ0) is 23.3. The molecule has 0 saturated carbocycles. The number of hydrogen-bond acceptors (Lipinski definition) is 6. The van der Waals surface area contributed by atoms with Crippen molar-refractivity contribution >= 4 is 11.0 Å². The van der Waals surface area contributed by atoms with Gasteiger partial charge in [-0.05, 0) is 49.9 Å². The van der Waals surface area contributed by atoms with Gasteiger partial charge in [-0.1, -0.05) is 18.2 Å². The van der Waals surface area contributed by atoms with Crippen LogP contribution in [0.5, 0.6) is 5.75 Å². The number of fused-ring (bicyclic) bond motifs is 2. The van der Waals surface area contributed by atoms with Gasteiger partial charge >= 0.3 is 0 Å². The van der Waals surface area contributed by atoms with Crippen molar-refractivity contribution in [2.75, 3.05) is 20.2 Å². The van der Waals surface area contributed by atoms with Gasteiger partial charge in [0.2, 0.25) is 0 Å². The third kappa shape index (κ3) is 3.28. The number of methoxy groups -OCH3 is 1. The molecule has 1 aliphatic heterocycles. The molecule has 6 rings (SSSR count). The molecular formula is C25H25N7O. The number of rotatable bonds is 4. The Kier molecular flexibility index (Phi) is 4.57. The van der Waals surface area contributed by atoms with Crippen molar-refractivity contribution in [1.82, 2.24) is 30.3 Å². The average Bonchev–Trinajstić information content (AvgIpc) is 3.61. The molecule has 1 fully saturated rings. The van der Waals surface area contributed by atoms with Crippen molar-refractivity contribution in [3.05, 3.63) is 47.8 Å². The van der Waals surface area contributed by atoms with E-state index in [0.717, 1.165) is 59.3 Å². The number of benzene rings is 1. The third-order valence-electron chi connectivity index (χ3n) is 6.76. The third-order valence-corrected chi connectivity index (χ3v) is 6.76. The van der Waals surface area contributed by atoms with Gasteiger partial charge < -0.3 is 10.1 Å². The number of hydrogen-bond donors (Lipinski definition) is 2. The van der Waals surface area contributed by atoms with E-state index in [1.807, 2.05) is 30.5 Å². The summed E-state index contributed by atoms with van der Waals surface area (Å²) in [7, 11) is 1.64. The van der Waals surface area contributed by atoms with Crippen LogP contribution in [0, 0.1) is 11.3 Å². The Morgan fingerprint density at radius 1 is 1.24 bits per heavy atom. The molecule has 4 aromatic rings. The van der Waals surface area contributed by atoms with Gasteiger partial charge in [0.25, 0.3) is 0 Å². The van der Waals surface area contributed by atoms with E-state index in [4.69, 9.17) is 11.1 Å². The highest BCUT2D eigenvalue weighted by Gasteiger charge is 2.27. The quantitative estimate of drug-likeness (QED) is 0.497. The first-order valence-electron chi connectivity index (χ1n) is 11.8. The molecule has 0 amide bonds. The van der Waals surface area contributed by atoms with Crippen LogP contribution in [0.4, 0.5) is 0 Å². The van der Waals surface area contributed by atoms with Crippen LogP contribution in [-0.2, 0) is 6.42 Å². The van der Waals surface area contributed by atoms with Gasteiger partial charge in [0.05, 0.1) is 38.2 Å². The smallest absolute Gasteiger partial charge is 0.147 e. The van der Waals surface area contributed by atoms with Crippen LogP contribution in [0.2, 0.25) is 0 Å². The minimum Gasteiger partial charge on any atom is -0.494 e. The number of aromatic nitrogens is 5. The molecule has 1 atom stereocenters. The van der Waals surface area contributed by atoms with Crippen molar-refractivity contribution in [2.45, 2.75) is 37.6 Å². The normalized spacial score (nSPS) is 19.8. The topological polar surface area (TPSA) is 104 Å². The number of H-pyrrole nitrogens is 1. The van der Waals surface area contributed by atoms with Crippen molar-refractivity contribution in [3.63, 3.8) is 0 Å². The fourth-order valence-corrected chi connectivity index (χ4v) is 5.05. The molecule has 2 aliphatic rings. The van der Waals surface area contributed by atoms with E-state index < -0.39 is 6.02 Å². The first-order valence-corrected chi connectivity index (χ1v) is 11.3. The monoisotopic (exact) mass is 440 g/mol. The molecule has 33 heavy (non-hydrogen) atoms. The lowest BCUT2D eigenvalue weighted by Crippen LogP contribution is -2.29. The van der Waals surface area contributed by atoms with E-state index in [2.05, 4.69) is 26.7 Å². The highest BCUT2D eigenvalue weighted by atomic mass is 16.5. The summed E-state index contributed by atoms with van der Waals surface area (Å²) in [5.74, 6) is 0.583. The fraction of sp³-hybridized carbons (Fsp3) is 0.360. The van der Waals surface area contributed by atoms with Crippen LogP contribution in [0.1, 0.15) is 43.7 Å². The average molecular weight is 441 g/mol. The molecule has 0 spiro atoms. The molecule has 1 saturated heterocycles. The summed E-state index contributed by atoms with van der Waals surface area (Å²) in [6, 6.07) is 9.67. The lowest BCUT2D eigenvalue weighted by molar-refractivity contribution is 0.343. The highest BCUT2D eigenvalue weighted by molar-refractivity contribution is 5.92. The molecule has 0 bridgehead atoms. The van der Waals surface area contributed by atoms with Crippen LogP contribution in [-0.4, -0.2) is 45.2 Å². The summed E-state index contributed by atoms with van der Waals surface area (Å²) < 4.78 is 16.3. The maximum atomic E-state index is 9.54. The highest BCUT2D eigenvalue weighted by Crippen LogP contribution is 2.42. The van der Waals surface area contributed by atoms with Gasteiger partial charge in [-0.15, -0.1) is 0 Å². The number of ether oxygens (including phenoxy) is 1. The summed E-state index contributed by atoms with van der Waals surface area (Å²) in [4.78, 5) is 5.02. The van der Waals surface area contributed by atoms with Gasteiger partial charge in [-0.2, -0.15) is 15.5 Å². The standard InChI is InChI=1S/C25H25N7O/c1-33-22-11-21-25(29-24(22)20-4-2-3-18-15(12-26)5-6-19(18)20)23(31-30-21)16-13-28-32(14-16)17-7-9-27-10-8-17/h2-4,11,13-15,17,27H,5-10H2,1H3,(H,30,31)/i17D. The molecule has 4 heterocycles. The maximum Gasteiger partial charge on any atom is 0.147 e. The molecule has 8 nitrogen and oxygen atoms in total. The van der Waals surface area contributed by atoms with Crippen LogP contribution < -0.4 is 10.1 Å². The predicted octanol–water partition coefficient (Wildman–Crippen LogP) is 3.97. The van der Waals surface area contributed by atoms with Gasteiger partial charge in [-0.25, -0.2) is 4.98 Å². The van der Waals surface area contributed by atoms with Crippen molar-refractivity contribution in [2.24, 2.45) is 0 Å². The summed E-state index contributed by atoms with van der Waals surface area (Å²) in [5.41, 5.74) is 7.01. The van der Waals surface area contributed by atoms with Crippen LogP contribution in [0.25, 0.3) is 33.5 Å². The second-order valence-corrected chi connectivity index (χ2v) is 8.59. The van der Waals surface area contributed by atoms with Crippen LogP contribution in [0.3, 0.4) is 0 Å². The number of piperidine rings is 1. The summed E-state index contributed by atoms with van der Waals surface area (Å²) in [6.45, 7) is 1.62. The van der Waals surface area contributed by atoms with Crippen molar-refractivity contribution in [3.8, 4) is 34.3 Å². The summed E-state index contributed by atoms with van der Waals surface area (Å²) >= 11 is 0. The number of nitrogens with zero attached hydrogens (tertiary/aromatic N) is 5. The number of nitrogens with one attached hydrogen (secondary N) is 2. The zero-order valence-corrected chi connectivity index (χ0v) is 18.4. The zero-order valence-electron chi connectivity index (χ0n) is 19.4. The van der Waals surface area contributed by atoms with Gasteiger partial charge in [0.1, 0.15) is 22.7 Å². The lowest BCUT2D eigenvalue weighted by Gasteiger charge is -2.22. The molecule has 1 unspecified atom stereocenters. The van der Waals surface area contributed by atoms with Crippen LogP contribution in [0.15, 0.2) is 36.7 Å². The Morgan fingerprint density at radius 3 is 2.94 bits per heavy atom. The van der Waals surface area contributed by atoms with E-state index >= 15 is 0 Å². The fourth-order valence-electron chi connectivity index (χ4n) is 5.05. The summed E-state index contributed by atoms with van der Waals surface area (Å²) in [6.07, 6.45) is 6.75. The van der Waals surface area contributed by atoms with Gasteiger partial charge in [0.15, 0.2) is 0 Å². The second-order valence-electron chi connectivity index (χ2n) is 8.59. The lowest BCUT2D eigenvalue weighted by atomic mass is 9.97. The van der Waals surface area contributed by atoms with Gasteiger partial charge in [0, 0.05) is 23.4 Å². The number of pyridine rings is 1. The molecule has 3 aromatic heterocycles. The summed E-state index contributed by atoms with van der Waals surface area (Å²) in [5, 5.41) is 25.0. The largest absolute Gasteiger partial charge is 0.494 e. The molecule has 0 radical (unpaired) electrons. The molecular weight excluding hydrogens is 414 g/mol. The first kappa shape index (κ1) is 18.8. The number of nitriles is 1. The molecule has 2 N–H and O–H groups in total. The van der Waals surface area contributed by atoms with Gasteiger partial charge in [-0.3, -0.25) is 9.78 Å². The SMILES string of the molecule is [2H]C1(n2cc(-c3n[nH]c4cc(OC)c(-c5cccc6c5CCC6C#N)nc34)cn2)CCNCC1. The van der Waals surface area contributed by atoms with E-state index in [9.17, 15) is 5.26 Å². The minimum absolute atomic E-state index is 0.0767. The second kappa shape index (κ2) is 8.01. The first-order chi connectivity index (χ1) is 16.6. The Labute approximate surface area is 193 Å². The Balaban J connectivity index is 1.46. The van der Waals surface area contributed by atoms with E-state index in [1.54, 1.807) is 18.0 Å². The van der Waals surface area contributed by atoms with E-state index in [-0.39, 0.29) is 5.92 Å². The van der Waals surface area contributed by atoms with Crippen molar-refractivity contribution < 1.29 is 6.11 Å². The molecule has 166 valence electrons. The molecule has 8 heteroatoms. The molecule has 1 aliphatic carbocycles. The Morgan fingerprint density at radius 2 is 2.12 bits per heavy atom.